The zero-order chi connectivity index (χ0) is 14.7. The average molecular weight is 271 g/mol. The largest absolute Gasteiger partial charge is 0.395 e. The summed E-state index contributed by atoms with van der Waals surface area (Å²) in [5.74, 6) is -1.28. The first-order valence-electron chi connectivity index (χ1n) is 6.50. The van der Waals surface area contributed by atoms with E-state index in [4.69, 9.17) is 5.73 Å². The molecule has 0 aliphatic carbocycles. The molecule has 108 valence electrons. The molecule has 0 saturated carbocycles. The van der Waals surface area contributed by atoms with Crippen molar-refractivity contribution in [1.82, 2.24) is 0 Å². The normalized spacial score (nSPS) is 15.3. The molecule has 0 aliphatic rings. The zero-order valence-corrected chi connectivity index (χ0v) is 11.8. The molecule has 4 heteroatoms. The Balaban J connectivity index is 3.10. The summed E-state index contributed by atoms with van der Waals surface area (Å²) in [6.07, 6.45) is 1.40. The van der Waals surface area contributed by atoms with E-state index in [2.05, 4.69) is 20.8 Å². The van der Waals surface area contributed by atoms with Gasteiger partial charge in [-0.15, -0.1) is 0 Å². The number of aliphatic hydroxyl groups is 1. The smallest absolute Gasteiger partial charge is 0.126 e. The molecule has 1 aromatic carbocycles. The van der Waals surface area contributed by atoms with Crippen LogP contribution in [-0.2, 0) is 5.41 Å². The SMILES string of the molecule is CC(C)(C)CCC(CN)(CO)c1cc(F)cc(F)c1. The molecule has 0 bridgehead atoms. The zero-order valence-electron chi connectivity index (χ0n) is 11.8. The summed E-state index contributed by atoms with van der Waals surface area (Å²) in [5.41, 5.74) is 5.49. The predicted octanol–water partition coefficient (Wildman–Crippen LogP) is 2.98. The van der Waals surface area contributed by atoms with Crippen molar-refractivity contribution in [3.05, 3.63) is 35.4 Å². The fraction of sp³-hybridized carbons (Fsp3) is 0.600. The van der Waals surface area contributed by atoms with Crippen LogP contribution < -0.4 is 5.73 Å². The Hall–Kier alpha value is -1.00. The van der Waals surface area contributed by atoms with Crippen molar-refractivity contribution in [2.45, 2.75) is 39.0 Å². The fourth-order valence-corrected chi connectivity index (χ4v) is 2.07. The Bertz CT molecular complexity index is 402. The number of nitrogens with two attached hydrogens (primary N) is 1. The summed E-state index contributed by atoms with van der Waals surface area (Å²) >= 11 is 0. The van der Waals surface area contributed by atoms with E-state index in [1.807, 2.05) is 0 Å². The maximum absolute atomic E-state index is 13.3. The van der Waals surface area contributed by atoms with Gasteiger partial charge in [-0.1, -0.05) is 20.8 Å². The molecule has 1 atom stereocenters. The Morgan fingerprint density at radius 1 is 1.05 bits per heavy atom. The molecule has 19 heavy (non-hydrogen) atoms. The Kier molecular flexibility index (Phi) is 5.04. The monoisotopic (exact) mass is 271 g/mol. The molecule has 1 unspecified atom stereocenters. The van der Waals surface area contributed by atoms with Gasteiger partial charge in [0.05, 0.1) is 6.61 Å². The second-order valence-corrected chi connectivity index (χ2v) is 6.36. The van der Waals surface area contributed by atoms with E-state index >= 15 is 0 Å². The summed E-state index contributed by atoms with van der Waals surface area (Å²) < 4.78 is 26.7. The van der Waals surface area contributed by atoms with Gasteiger partial charge in [0.2, 0.25) is 0 Å². The van der Waals surface area contributed by atoms with Crippen molar-refractivity contribution in [2.24, 2.45) is 11.1 Å². The number of halogens is 2. The first-order valence-corrected chi connectivity index (χ1v) is 6.50. The minimum Gasteiger partial charge on any atom is -0.395 e. The van der Waals surface area contributed by atoms with Crippen molar-refractivity contribution < 1.29 is 13.9 Å². The molecule has 3 N–H and O–H groups in total. The molecule has 0 aliphatic heterocycles. The van der Waals surface area contributed by atoms with Gasteiger partial charge in [-0.25, -0.2) is 8.78 Å². The van der Waals surface area contributed by atoms with Crippen LogP contribution >= 0.6 is 0 Å². The van der Waals surface area contributed by atoms with Crippen LogP contribution in [0.3, 0.4) is 0 Å². The van der Waals surface area contributed by atoms with Crippen LogP contribution in [0, 0.1) is 17.0 Å². The molecule has 0 aromatic heterocycles. The van der Waals surface area contributed by atoms with Crippen LogP contribution in [0.25, 0.3) is 0 Å². The molecule has 2 nitrogen and oxygen atoms in total. The molecule has 1 aromatic rings. The molecule has 0 saturated heterocycles. The van der Waals surface area contributed by atoms with Gasteiger partial charge in [0, 0.05) is 18.0 Å². The molecular weight excluding hydrogens is 248 g/mol. The minimum atomic E-state index is -0.782. The third-order valence-corrected chi connectivity index (χ3v) is 3.52. The number of hydrogen-bond donors (Lipinski definition) is 2. The van der Waals surface area contributed by atoms with Crippen LogP contribution in [-0.4, -0.2) is 18.3 Å². The Morgan fingerprint density at radius 3 is 1.95 bits per heavy atom. The highest BCUT2D eigenvalue weighted by Gasteiger charge is 2.32. The number of aliphatic hydroxyl groups excluding tert-OH is 1. The van der Waals surface area contributed by atoms with Gasteiger partial charge in [-0.05, 0) is 36.0 Å². The first kappa shape index (κ1) is 16.1. The summed E-state index contributed by atoms with van der Waals surface area (Å²) in [6.45, 7) is 6.18. The lowest BCUT2D eigenvalue weighted by molar-refractivity contribution is 0.170. The topological polar surface area (TPSA) is 46.2 Å². The van der Waals surface area contributed by atoms with Gasteiger partial charge in [0.15, 0.2) is 0 Å². The maximum Gasteiger partial charge on any atom is 0.126 e. The number of hydrogen-bond acceptors (Lipinski definition) is 2. The summed E-state index contributed by atoms with van der Waals surface area (Å²) in [6, 6.07) is 3.34. The third-order valence-electron chi connectivity index (χ3n) is 3.52. The maximum atomic E-state index is 13.3. The summed E-state index contributed by atoms with van der Waals surface area (Å²) in [4.78, 5) is 0. The Labute approximate surface area is 113 Å². The minimum absolute atomic E-state index is 0.0709. The van der Waals surface area contributed by atoms with E-state index in [9.17, 15) is 13.9 Å². The summed E-state index contributed by atoms with van der Waals surface area (Å²) in [5, 5.41) is 9.68. The quantitative estimate of drug-likeness (QED) is 0.865. The molecule has 1 rings (SSSR count). The van der Waals surface area contributed by atoms with Crippen molar-refractivity contribution >= 4 is 0 Å². The van der Waals surface area contributed by atoms with Crippen LogP contribution in [0.1, 0.15) is 39.2 Å². The highest BCUT2D eigenvalue weighted by atomic mass is 19.1. The van der Waals surface area contributed by atoms with Gasteiger partial charge in [-0.2, -0.15) is 0 Å². The third kappa shape index (κ3) is 4.25. The van der Waals surface area contributed by atoms with Crippen molar-refractivity contribution in [3.63, 3.8) is 0 Å². The van der Waals surface area contributed by atoms with Crippen molar-refractivity contribution in [3.8, 4) is 0 Å². The second kappa shape index (κ2) is 5.97. The number of benzene rings is 1. The molecule has 0 amide bonds. The van der Waals surface area contributed by atoms with E-state index in [0.29, 0.717) is 12.0 Å². The van der Waals surface area contributed by atoms with Gasteiger partial charge in [0.25, 0.3) is 0 Å². The van der Waals surface area contributed by atoms with Gasteiger partial charge in [0.1, 0.15) is 11.6 Å². The number of rotatable bonds is 5. The van der Waals surface area contributed by atoms with Crippen LogP contribution in [0.2, 0.25) is 0 Å². The standard InChI is InChI=1S/C15H23F2NO/c1-14(2,3)4-5-15(9-18,10-19)11-6-12(16)8-13(17)7-11/h6-8,19H,4-5,9-10,18H2,1-3H3. The van der Waals surface area contributed by atoms with Crippen LogP contribution in [0.4, 0.5) is 8.78 Å². The first-order chi connectivity index (χ1) is 8.72. The lowest BCUT2D eigenvalue weighted by Crippen LogP contribution is -2.40. The van der Waals surface area contributed by atoms with Gasteiger partial charge < -0.3 is 10.8 Å². The molecule has 0 fully saturated rings. The average Bonchev–Trinajstić information content (AvgIpc) is 2.28. The van der Waals surface area contributed by atoms with Crippen molar-refractivity contribution in [1.29, 1.82) is 0 Å². The van der Waals surface area contributed by atoms with E-state index in [1.54, 1.807) is 0 Å². The highest BCUT2D eigenvalue weighted by Crippen LogP contribution is 2.34. The van der Waals surface area contributed by atoms with E-state index in [1.165, 1.54) is 12.1 Å². The van der Waals surface area contributed by atoms with E-state index in [-0.39, 0.29) is 18.6 Å². The van der Waals surface area contributed by atoms with E-state index < -0.39 is 17.0 Å². The summed E-state index contributed by atoms with van der Waals surface area (Å²) in [7, 11) is 0. The van der Waals surface area contributed by atoms with Gasteiger partial charge in [-0.3, -0.25) is 0 Å². The van der Waals surface area contributed by atoms with E-state index in [0.717, 1.165) is 12.5 Å². The van der Waals surface area contributed by atoms with Crippen molar-refractivity contribution in [2.75, 3.05) is 13.2 Å². The molecule has 0 radical (unpaired) electrons. The fourth-order valence-electron chi connectivity index (χ4n) is 2.07. The van der Waals surface area contributed by atoms with Gasteiger partial charge >= 0.3 is 0 Å². The lowest BCUT2D eigenvalue weighted by Gasteiger charge is -2.34. The molecule has 0 spiro atoms. The molecular formula is C15H23F2NO. The second-order valence-electron chi connectivity index (χ2n) is 6.36. The highest BCUT2D eigenvalue weighted by molar-refractivity contribution is 5.28. The lowest BCUT2D eigenvalue weighted by atomic mass is 9.73. The van der Waals surface area contributed by atoms with Crippen LogP contribution in [0.15, 0.2) is 18.2 Å². The Morgan fingerprint density at radius 2 is 1.58 bits per heavy atom. The molecule has 0 heterocycles. The van der Waals surface area contributed by atoms with Crippen LogP contribution in [0.5, 0.6) is 0 Å². The predicted molar refractivity (Wildman–Crippen MR) is 72.9 cm³/mol.